The number of carbonyl (C=O) groups is 1. The molecule has 1 amide bonds. The van der Waals surface area contributed by atoms with Gasteiger partial charge in [-0.2, -0.15) is 9.97 Å². The fraction of sp³-hybridized carbons (Fsp3) is 0.318. The quantitative estimate of drug-likeness (QED) is 0.545. The van der Waals surface area contributed by atoms with Gasteiger partial charge in [0, 0.05) is 50.8 Å². The maximum atomic E-state index is 12.0. The van der Waals surface area contributed by atoms with Crippen LogP contribution in [0.25, 0.3) is 11.0 Å². The second-order valence-corrected chi connectivity index (χ2v) is 7.67. The van der Waals surface area contributed by atoms with Gasteiger partial charge in [-0.15, -0.1) is 0 Å². The molecule has 0 unspecified atom stereocenters. The molecule has 0 bridgehead atoms. The molecule has 8 nitrogen and oxygen atoms in total. The predicted molar refractivity (Wildman–Crippen MR) is 121 cm³/mol. The Morgan fingerprint density at radius 2 is 2.07 bits per heavy atom. The van der Waals surface area contributed by atoms with Crippen molar-refractivity contribution in [3.63, 3.8) is 0 Å². The molecule has 0 spiro atoms. The van der Waals surface area contributed by atoms with Crippen LogP contribution in [0.2, 0.25) is 0 Å². The van der Waals surface area contributed by atoms with Crippen molar-refractivity contribution < 1.29 is 4.79 Å². The van der Waals surface area contributed by atoms with Gasteiger partial charge >= 0.3 is 0 Å². The number of fused-ring (bicyclic) bond motifs is 1. The van der Waals surface area contributed by atoms with Crippen LogP contribution in [-0.2, 0) is 4.79 Å². The van der Waals surface area contributed by atoms with Crippen LogP contribution in [0, 0.1) is 0 Å². The van der Waals surface area contributed by atoms with Crippen LogP contribution in [0.5, 0.6) is 0 Å². The second-order valence-electron chi connectivity index (χ2n) is 7.67. The molecule has 0 saturated carbocycles. The maximum Gasteiger partial charge on any atom is 0.246 e. The van der Waals surface area contributed by atoms with E-state index in [1.54, 1.807) is 0 Å². The molecule has 2 aromatic heterocycles. The summed E-state index contributed by atoms with van der Waals surface area (Å²) in [6.07, 6.45) is 5.16. The van der Waals surface area contributed by atoms with Crippen LogP contribution in [0.4, 0.5) is 23.1 Å². The first-order valence-electron chi connectivity index (χ1n) is 10.1. The molecule has 1 aromatic carbocycles. The third-order valence-electron chi connectivity index (χ3n) is 5.30. The molecule has 0 radical (unpaired) electrons. The number of likely N-dealkylation sites (tertiary alicyclic amines) is 1. The summed E-state index contributed by atoms with van der Waals surface area (Å²) in [6.45, 7) is 5.00. The first-order chi connectivity index (χ1) is 14.5. The Hall–Kier alpha value is -3.55. The van der Waals surface area contributed by atoms with Gasteiger partial charge in [0.05, 0.1) is 5.39 Å². The number of aromatic nitrogens is 3. The topological polar surface area (TPSA) is 89.2 Å². The minimum absolute atomic E-state index is 0.0282. The van der Waals surface area contributed by atoms with Crippen molar-refractivity contribution in [1.82, 2.24) is 19.9 Å². The van der Waals surface area contributed by atoms with E-state index in [4.69, 9.17) is 4.98 Å². The van der Waals surface area contributed by atoms with Gasteiger partial charge in [0.2, 0.25) is 11.9 Å². The minimum Gasteiger partial charge on any atom is -0.378 e. The van der Waals surface area contributed by atoms with Crippen LogP contribution in [0.15, 0.2) is 49.2 Å². The molecule has 30 heavy (non-hydrogen) atoms. The largest absolute Gasteiger partial charge is 0.378 e. The maximum absolute atomic E-state index is 12.0. The zero-order valence-corrected chi connectivity index (χ0v) is 17.4. The Labute approximate surface area is 176 Å². The van der Waals surface area contributed by atoms with Gasteiger partial charge in [-0.3, -0.25) is 4.79 Å². The first kappa shape index (κ1) is 19.8. The van der Waals surface area contributed by atoms with Crippen molar-refractivity contribution in [2.24, 2.45) is 0 Å². The Morgan fingerprint density at radius 3 is 2.80 bits per heavy atom. The number of nitrogens with one attached hydrogen (secondary N) is 3. The van der Waals surface area contributed by atoms with Gasteiger partial charge in [-0.1, -0.05) is 6.58 Å². The number of H-pyrrole nitrogens is 1. The molecule has 1 saturated heterocycles. The van der Waals surface area contributed by atoms with Crippen molar-refractivity contribution in [1.29, 1.82) is 0 Å². The Bertz CT molecular complexity index is 1040. The van der Waals surface area contributed by atoms with Gasteiger partial charge < -0.3 is 25.4 Å². The average Bonchev–Trinajstić information content (AvgIpc) is 3.23. The lowest BCUT2D eigenvalue weighted by Crippen LogP contribution is -2.44. The molecular weight excluding hydrogens is 378 g/mol. The van der Waals surface area contributed by atoms with Crippen molar-refractivity contribution in [2.75, 3.05) is 42.7 Å². The molecular formula is C22H27N7O. The highest BCUT2D eigenvalue weighted by molar-refractivity contribution is 5.89. The lowest BCUT2D eigenvalue weighted by Gasteiger charge is -2.33. The van der Waals surface area contributed by atoms with E-state index in [-0.39, 0.29) is 11.9 Å². The Balaban J connectivity index is 1.55. The fourth-order valence-corrected chi connectivity index (χ4v) is 3.70. The molecule has 8 heteroatoms. The fourth-order valence-electron chi connectivity index (χ4n) is 3.70. The molecule has 1 atom stereocenters. The van der Waals surface area contributed by atoms with E-state index in [1.807, 2.05) is 55.5 Å². The van der Waals surface area contributed by atoms with Gasteiger partial charge in [0.1, 0.15) is 11.5 Å². The number of benzene rings is 1. The number of carbonyl (C=O) groups excluding carboxylic acids is 1. The second kappa shape index (κ2) is 8.44. The third-order valence-corrected chi connectivity index (χ3v) is 5.30. The van der Waals surface area contributed by atoms with Crippen molar-refractivity contribution in [3.05, 3.63) is 49.2 Å². The number of hydrogen-bond donors (Lipinski definition) is 3. The van der Waals surface area contributed by atoms with Crippen molar-refractivity contribution in [3.8, 4) is 0 Å². The van der Waals surface area contributed by atoms with E-state index < -0.39 is 0 Å². The number of rotatable bonds is 6. The first-order valence-corrected chi connectivity index (χ1v) is 10.1. The summed E-state index contributed by atoms with van der Waals surface area (Å²) in [7, 11) is 4.02. The minimum atomic E-state index is -0.0282. The summed E-state index contributed by atoms with van der Waals surface area (Å²) in [5.74, 6) is 1.24. The number of amides is 1. The molecule has 156 valence electrons. The summed E-state index contributed by atoms with van der Waals surface area (Å²) >= 11 is 0. The van der Waals surface area contributed by atoms with Gasteiger partial charge in [-0.25, -0.2) is 0 Å². The van der Waals surface area contributed by atoms with Gasteiger partial charge in [-0.05, 0) is 49.2 Å². The van der Waals surface area contributed by atoms with Crippen molar-refractivity contribution in [2.45, 2.75) is 18.9 Å². The van der Waals surface area contributed by atoms with Crippen molar-refractivity contribution >= 4 is 40.1 Å². The molecule has 4 rings (SSSR count). The number of nitrogens with zero attached hydrogens (tertiary/aromatic N) is 4. The van der Waals surface area contributed by atoms with E-state index in [0.29, 0.717) is 12.5 Å². The van der Waals surface area contributed by atoms with Gasteiger partial charge in [0.25, 0.3) is 0 Å². The molecule has 3 heterocycles. The van der Waals surface area contributed by atoms with E-state index in [1.165, 1.54) is 6.08 Å². The van der Waals surface area contributed by atoms with Crippen LogP contribution < -0.4 is 15.5 Å². The smallest absolute Gasteiger partial charge is 0.246 e. The van der Waals surface area contributed by atoms with Crippen LogP contribution >= 0.6 is 0 Å². The number of hydrogen-bond acceptors (Lipinski definition) is 6. The number of aromatic amines is 1. The highest BCUT2D eigenvalue weighted by atomic mass is 16.2. The molecule has 3 N–H and O–H groups in total. The number of piperidine rings is 1. The van der Waals surface area contributed by atoms with Gasteiger partial charge in [0.15, 0.2) is 0 Å². The standard InChI is InChI=1S/C22H27N7O/c1-4-19(30)29-13-5-6-16(14-29)24-21-18-11-12-23-20(18)26-22(27-21)25-15-7-9-17(10-8-15)28(2)3/h4,7-12,16H,1,5-6,13-14H2,2-3H3,(H3,23,24,25,26,27)/t16-/m1/s1. The SMILES string of the molecule is C=CC(=O)N1CCC[C@@H](Nc2nc(Nc3ccc(N(C)C)cc3)nc3[nH]ccc23)C1. The monoisotopic (exact) mass is 405 g/mol. The molecule has 3 aromatic rings. The van der Waals surface area contributed by atoms with Crippen LogP contribution in [0.1, 0.15) is 12.8 Å². The van der Waals surface area contributed by atoms with E-state index in [9.17, 15) is 4.79 Å². The van der Waals surface area contributed by atoms with E-state index in [0.717, 1.165) is 47.6 Å². The zero-order chi connectivity index (χ0) is 21.1. The van der Waals surface area contributed by atoms with Crippen LogP contribution in [0.3, 0.4) is 0 Å². The lowest BCUT2D eigenvalue weighted by molar-refractivity contribution is -0.127. The molecule has 0 aliphatic carbocycles. The highest BCUT2D eigenvalue weighted by Crippen LogP contribution is 2.26. The summed E-state index contributed by atoms with van der Waals surface area (Å²) in [5.41, 5.74) is 2.80. The summed E-state index contributed by atoms with van der Waals surface area (Å²) < 4.78 is 0. The van der Waals surface area contributed by atoms with E-state index >= 15 is 0 Å². The average molecular weight is 406 g/mol. The van der Waals surface area contributed by atoms with Crippen LogP contribution in [-0.4, -0.2) is 59.0 Å². The lowest BCUT2D eigenvalue weighted by atomic mass is 10.1. The highest BCUT2D eigenvalue weighted by Gasteiger charge is 2.23. The summed E-state index contributed by atoms with van der Waals surface area (Å²) in [5, 5.41) is 7.74. The molecule has 1 aliphatic rings. The zero-order valence-electron chi connectivity index (χ0n) is 17.4. The predicted octanol–water partition coefficient (Wildman–Crippen LogP) is 3.36. The molecule has 1 aliphatic heterocycles. The van der Waals surface area contributed by atoms with E-state index in [2.05, 4.69) is 32.1 Å². The Kier molecular flexibility index (Phi) is 5.56. The molecule has 1 fully saturated rings. The number of anilines is 4. The normalized spacial score (nSPS) is 16.3. The third kappa shape index (κ3) is 4.22. The summed E-state index contributed by atoms with van der Waals surface area (Å²) in [6, 6.07) is 10.2. The summed E-state index contributed by atoms with van der Waals surface area (Å²) in [4.78, 5) is 28.4. The Morgan fingerprint density at radius 1 is 1.27 bits per heavy atom.